The maximum Gasteiger partial charge on any atom is 0.244 e. The molecule has 3 nitrogen and oxygen atoms in total. The van der Waals surface area contributed by atoms with Crippen molar-refractivity contribution in [2.75, 3.05) is 6.61 Å². The molecule has 0 atom stereocenters. The van der Waals surface area contributed by atoms with Gasteiger partial charge in [-0.1, -0.05) is 37.0 Å². The van der Waals surface area contributed by atoms with Crippen LogP contribution in [0.2, 0.25) is 10.0 Å². The van der Waals surface area contributed by atoms with E-state index in [9.17, 15) is 9.90 Å². The van der Waals surface area contributed by atoms with Crippen molar-refractivity contribution in [2.45, 2.75) is 32.2 Å². The van der Waals surface area contributed by atoms with Crippen LogP contribution in [0.25, 0.3) is 6.08 Å². The number of carbonyl (C=O) groups is 1. The summed E-state index contributed by atoms with van der Waals surface area (Å²) in [6.45, 7) is 3.77. The molecule has 0 aliphatic carbocycles. The maximum atomic E-state index is 11.9. The van der Waals surface area contributed by atoms with E-state index in [4.69, 9.17) is 23.2 Å². The molecule has 20 heavy (non-hydrogen) atoms. The molecule has 0 unspecified atom stereocenters. The number of aliphatic hydroxyl groups excluding tert-OH is 1. The number of rotatable bonds is 6. The van der Waals surface area contributed by atoms with Crippen molar-refractivity contribution < 1.29 is 9.90 Å². The van der Waals surface area contributed by atoms with E-state index in [1.807, 2.05) is 13.8 Å². The lowest BCUT2D eigenvalue weighted by molar-refractivity contribution is -0.119. The van der Waals surface area contributed by atoms with Crippen molar-refractivity contribution in [2.24, 2.45) is 0 Å². The number of hydrogen-bond donors (Lipinski definition) is 2. The maximum absolute atomic E-state index is 11.9. The predicted molar refractivity (Wildman–Crippen MR) is 84.0 cm³/mol. The summed E-state index contributed by atoms with van der Waals surface area (Å²) >= 11 is 11.9. The molecule has 0 saturated carbocycles. The van der Waals surface area contributed by atoms with Gasteiger partial charge in [0.2, 0.25) is 5.91 Å². The molecule has 0 heterocycles. The van der Waals surface area contributed by atoms with Gasteiger partial charge in [0.05, 0.1) is 12.1 Å². The second-order valence-electron chi connectivity index (χ2n) is 4.63. The highest BCUT2D eigenvalue weighted by Gasteiger charge is 2.26. The summed E-state index contributed by atoms with van der Waals surface area (Å²) in [6.07, 6.45) is 4.33. The SMILES string of the molecule is CCC(CC)(CO)NC(=O)C=Cc1cc(Cl)ccc1Cl. The number of aliphatic hydroxyl groups is 1. The first kappa shape index (κ1) is 17.0. The second kappa shape index (κ2) is 7.67. The Morgan fingerprint density at radius 1 is 1.35 bits per heavy atom. The minimum Gasteiger partial charge on any atom is -0.394 e. The topological polar surface area (TPSA) is 49.3 Å². The third-order valence-corrected chi connectivity index (χ3v) is 4.00. The summed E-state index contributed by atoms with van der Waals surface area (Å²) in [5, 5.41) is 13.3. The standard InChI is InChI=1S/C15H19Cl2NO2/c1-3-15(4-2,10-19)18-14(20)8-5-11-9-12(16)6-7-13(11)17/h5-9,19H,3-4,10H2,1-2H3,(H,18,20). The first-order valence-electron chi connectivity index (χ1n) is 6.52. The van der Waals surface area contributed by atoms with Crippen molar-refractivity contribution in [1.82, 2.24) is 5.32 Å². The van der Waals surface area contributed by atoms with Crippen molar-refractivity contribution in [3.8, 4) is 0 Å². The van der Waals surface area contributed by atoms with Crippen LogP contribution in [0, 0.1) is 0 Å². The number of hydrogen-bond acceptors (Lipinski definition) is 2. The fourth-order valence-electron chi connectivity index (χ4n) is 1.80. The number of halogens is 2. The summed E-state index contributed by atoms with van der Waals surface area (Å²) in [7, 11) is 0. The van der Waals surface area contributed by atoms with Crippen LogP contribution >= 0.6 is 23.2 Å². The molecule has 110 valence electrons. The molecular weight excluding hydrogens is 297 g/mol. The van der Waals surface area contributed by atoms with Gasteiger partial charge in [-0.15, -0.1) is 0 Å². The molecule has 0 radical (unpaired) electrons. The van der Waals surface area contributed by atoms with E-state index in [1.54, 1.807) is 24.3 Å². The fraction of sp³-hybridized carbons (Fsp3) is 0.400. The first-order valence-corrected chi connectivity index (χ1v) is 7.28. The van der Waals surface area contributed by atoms with Crippen LogP contribution in [-0.2, 0) is 4.79 Å². The lowest BCUT2D eigenvalue weighted by Crippen LogP contribution is -2.49. The zero-order valence-corrected chi connectivity index (χ0v) is 13.1. The molecule has 0 aliphatic heterocycles. The number of nitrogens with one attached hydrogen (secondary N) is 1. The van der Waals surface area contributed by atoms with Gasteiger partial charge >= 0.3 is 0 Å². The van der Waals surface area contributed by atoms with Crippen LogP contribution in [-0.4, -0.2) is 23.2 Å². The highest BCUT2D eigenvalue weighted by atomic mass is 35.5. The molecule has 1 aromatic carbocycles. The Balaban J connectivity index is 2.80. The van der Waals surface area contributed by atoms with Crippen molar-refractivity contribution in [3.05, 3.63) is 39.9 Å². The molecule has 0 bridgehead atoms. The van der Waals surface area contributed by atoms with Gasteiger partial charge in [0.25, 0.3) is 0 Å². The molecule has 0 aromatic heterocycles. The number of carbonyl (C=O) groups excluding carboxylic acids is 1. The zero-order chi connectivity index (χ0) is 15.2. The van der Waals surface area contributed by atoms with E-state index in [1.165, 1.54) is 6.08 Å². The van der Waals surface area contributed by atoms with E-state index >= 15 is 0 Å². The minimum absolute atomic E-state index is 0.0858. The second-order valence-corrected chi connectivity index (χ2v) is 5.48. The lowest BCUT2D eigenvalue weighted by atomic mass is 9.94. The van der Waals surface area contributed by atoms with E-state index < -0.39 is 5.54 Å². The average molecular weight is 316 g/mol. The number of amides is 1. The van der Waals surface area contributed by atoms with Gasteiger partial charge in [0, 0.05) is 16.1 Å². The van der Waals surface area contributed by atoms with Crippen molar-refractivity contribution in [3.63, 3.8) is 0 Å². The Morgan fingerprint density at radius 2 is 2.00 bits per heavy atom. The molecular formula is C15H19Cl2NO2. The Kier molecular flexibility index (Phi) is 6.53. The average Bonchev–Trinajstić information content (AvgIpc) is 2.46. The third-order valence-electron chi connectivity index (χ3n) is 3.42. The quantitative estimate of drug-likeness (QED) is 0.787. The summed E-state index contributed by atoms with van der Waals surface area (Å²) in [6, 6.07) is 5.05. The van der Waals surface area contributed by atoms with Gasteiger partial charge in [-0.2, -0.15) is 0 Å². The molecule has 1 aromatic rings. The molecule has 0 spiro atoms. The van der Waals surface area contributed by atoms with Gasteiger partial charge < -0.3 is 10.4 Å². The zero-order valence-electron chi connectivity index (χ0n) is 11.6. The summed E-state index contributed by atoms with van der Waals surface area (Å²) < 4.78 is 0. The predicted octanol–water partition coefficient (Wildman–Crippen LogP) is 3.67. The van der Waals surface area contributed by atoms with Gasteiger partial charge in [0.15, 0.2) is 0 Å². The smallest absolute Gasteiger partial charge is 0.244 e. The summed E-state index contributed by atoms with van der Waals surface area (Å²) in [5.74, 6) is -0.265. The molecule has 0 fully saturated rings. The van der Waals surface area contributed by atoms with Gasteiger partial charge in [-0.05, 0) is 42.7 Å². The van der Waals surface area contributed by atoms with Crippen LogP contribution in [0.5, 0.6) is 0 Å². The van der Waals surface area contributed by atoms with Crippen LogP contribution < -0.4 is 5.32 Å². The highest BCUT2D eigenvalue weighted by Crippen LogP contribution is 2.22. The molecule has 0 saturated heterocycles. The fourth-order valence-corrected chi connectivity index (χ4v) is 2.16. The van der Waals surface area contributed by atoms with Gasteiger partial charge in [0.1, 0.15) is 0 Å². The van der Waals surface area contributed by atoms with Crippen molar-refractivity contribution >= 4 is 35.2 Å². The van der Waals surface area contributed by atoms with E-state index in [0.717, 1.165) is 0 Å². The van der Waals surface area contributed by atoms with E-state index in [-0.39, 0.29) is 12.5 Å². The Hall–Kier alpha value is -1.03. The Bertz CT molecular complexity index is 488. The van der Waals surface area contributed by atoms with Gasteiger partial charge in [-0.25, -0.2) is 0 Å². The molecule has 1 amide bonds. The van der Waals surface area contributed by atoms with Crippen molar-refractivity contribution in [1.29, 1.82) is 0 Å². The highest BCUT2D eigenvalue weighted by molar-refractivity contribution is 6.34. The molecule has 1 rings (SSSR count). The normalized spacial score (nSPS) is 11.8. The lowest BCUT2D eigenvalue weighted by Gasteiger charge is -2.30. The summed E-state index contributed by atoms with van der Waals surface area (Å²) in [4.78, 5) is 11.9. The van der Waals surface area contributed by atoms with Crippen LogP contribution in [0.15, 0.2) is 24.3 Å². The van der Waals surface area contributed by atoms with E-state index in [2.05, 4.69) is 5.32 Å². The van der Waals surface area contributed by atoms with Crippen LogP contribution in [0.1, 0.15) is 32.3 Å². The Labute approximate surface area is 129 Å². The third kappa shape index (κ3) is 4.51. The Morgan fingerprint density at radius 3 is 2.55 bits per heavy atom. The monoisotopic (exact) mass is 315 g/mol. The number of benzene rings is 1. The van der Waals surface area contributed by atoms with E-state index in [0.29, 0.717) is 28.5 Å². The molecule has 0 aliphatic rings. The molecule has 2 N–H and O–H groups in total. The first-order chi connectivity index (χ1) is 9.46. The molecule has 5 heteroatoms. The minimum atomic E-state index is -0.570. The summed E-state index contributed by atoms with van der Waals surface area (Å²) in [5.41, 5.74) is 0.108. The van der Waals surface area contributed by atoms with Crippen LogP contribution in [0.3, 0.4) is 0 Å². The van der Waals surface area contributed by atoms with Crippen LogP contribution in [0.4, 0.5) is 0 Å². The largest absolute Gasteiger partial charge is 0.394 e. The van der Waals surface area contributed by atoms with Gasteiger partial charge in [-0.3, -0.25) is 4.79 Å².